The third-order valence-electron chi connectivity index (χ3n) is 1.94. The summed E-state index contributed by atoms with van der Waals surface area (Å²) in [6.07, 6.45) is -9.67. The number of hydrogen-bond donors (Lipinski definition) is 0. The molecule has 19 heavy (non-hydrogen) atoms. The van der Waals surface area contributed by atoms with Gasteiger partial charge in [-0.15, -0.1) is 13.2 Å². The number of aromatic nitrogens is 1. The molecule has 3 nitrogen and oxygen atoms in total. The van der Waals surface area contributed by atoms with E-state index in [0.29, 0.717) is 6.20 Å². The summed E-state index contributed by atoms with van der Waals surface area (Å²) in [5.41, 5.74) is -2.19. The quantitative estimate of drug-likeness (QED) is 0.610. The fraction of sp³-hybridized carbons (Fsp3) is 0.444. The van der Waals surface area contributed by atoms with Gasteiger partial charge in [0, 0.05) is 5.33 Å². The lowest BCUT2D eigenvalue weighted by molar-refractivity contribution is -0.276. The molecule has 0 N–H and O–H groups in total. The number of rotatable bonds is 3. The molecule has 0 aliphatic carbocycles. The van der Waals surface area contributed by atoms with Crippen LogP contribution in [0.5, 0.6) is 11.5 Å². The highest BCUT2D eigenvalue weighted by molar-refractivity contribution is 9.08. The van der Waals surface area contributed by atoms with E-state index in [4.69, 9.17) is 0 Å². The zero-order chi connectivity index (χ0) is 14.8. The van der Waals surface area contributed by atoms with Crippen molar-refractivity contribution in [3.05, 3.63) is 17.5 Å². The summed E-state index contributed by atoms with van der Waals surface area (Å²) in [6.45, 7) is 0. The molecule has 0 aromatic carbocycles. The van der Waals surface area contributed by atoms with Gasteiger partial charge in [-0.3, -0.25) is 0 Å². The summed E-state index contributed by atoms with van der Waals surface area (Å²) >= 11 is 2.79. The fourth-order valence-electron chi connectivity index (χ4n) is 1.24. The van der Waals surface area contributed by atoms with Crippen LogP contribution in [0.1, 0.15) is 11.3 Å². The Morgan fingerprint density at radius 1 is 1.21 bits per heavy atom. The van der Waals surface area contributed by atoms with Crippen molar-refractivity contribution in [2.45, 2.75) is 17.9 Å². The van der Waals surface area contributed by atoms with Gasteiger partial charge in [-0.05, 0) is 0 Å². The first kappa shape index (κ1) is 15.9. The van der Waals surface area contributed by atoms with E-state index < -0.39 is 29.5 Å². The molecule has 0 spiro atoms. The van der Waals surface area contributed by atoms with Crippen LogP contribution in [0, 0.1) is 0 Å². The normalized spacial score (nSPS) is 12.4. The van der Waals surface area contributed by atoms with E-state index in [9.17, 15) is 26.3 Å². The standard InChI is InChI=1S/C9H6BrF6NO2/c1-18-5-3-17-7(8(11,12)13)6(4(5)2-10)19-9(14,15)16/h3H,2H2,1H3. The van der Waals surface area contributed by atoms with E-state index in [0.717, 1.165) is 7.11 Å². The third kappa shape index (κ3) is 3.88. The third-order valence-corrected chi connectivity index (χ3v) is 2.50. The number of alkyl halides is 7. The molecular formula is C9H6BrF6NO2. The molecule has 0 atom stereocenters. The van der Waals surface area contributed by atoms with Gasteiger partial charge in [-0.1, -0.05) is 15.9 Å². The minimum atomic E-state index is -5.27. The van der Waals surface area contributed by atoms with Crippen LogP contribution in [0.4, 0.5) is 26.3 Å². The number of nitrogens with zero attached hydrogens (tertiary/aromatic N) is 1. The van der Waals surface area contributed by atoms with Gasteiger partial charge in [0.2, 0.25) is 0 Å². The zero-order valence-corrected chi connectivity index (χ0v) is 10.8. The molecule has 1 aromatic rings. The van der Waals surface area contributed by atoms with Gasteiger partial charge in [0.15, 0.2) is 11.4 Å². The monoisotopic (exact) mass is 353 g/mol. The average Bonchev–Trinajstić information content (AvgIpc) is 2.24. The molecular weight excluding hydrogens is 348 g/mol. The highest BCUT2D eigenvalue weighted by Crippen LogP contribution is 2.42. The van der Waals surface area contributed by atoms with Crippen molar-refractivity contribution in [3.8, 4) is 11.5 Å². The number of methoxy groups -OCH3 is 1. The molecule has 10 heteroatoms. The molecule has 1 heterocycles. The van der Waals surface area contributed by atoms with Crippen molar-refractivity contribution in [3.63, 3.8) is 0 Å². The van der Waals surface area contributed by atoms with Gasteiger partial charge in [-0.2, -0.15) is 13.2 Å². The first-order chi connectivity index (χ1) is 8.60. The Bertz CT molecular complexity index is 459. The van der Waals surface area contributed by atoms with Crippen LogP contribution in [0.15, 0.2) is 6.20 Å². The molecule has 0 saturated heterocycles. The summed E-state index contributed by atoms with van der Waals surface area (Å²) in [5, 5.41) is -0.326. The van der Waals surface area contributed by atoms with Crippen LogP contribution in [0.25, 0.3) is 0 Å². The Kier molecular flexibility index (Phi) is 4.54. The number of pyridine rings is 1. The molecule has 0 bridgehead atoms. The number of ether oxygens (including phenoxy) is 2. The maximum atomic E-state index is 12.6. The van der Waals surface area contributed by atoms with Gasteiger partial charge >= 0.3 is 12.5 Å². The van der Waals surface area contributed by atoms with Gasteiger partial charge < -0.3 is 9.47 Å². The van der Waals surface area contributed by atoms with Gasteiger partial charge in [0.25, 0.3) is 0 Å². The van der Waals surface area contributed by atoms with Crippen LogP contribution in [0.2, 0.25) is 0 Å². The second-order valence-electron chi connectivity index (χ2n) is 3.16. The van der Waals surface area contributed by atoms with E-state index in [1.54, 1.807) is 0 Å². The Morgan fingerprint density at radius 2 is 1.79 bits per heavy atom. The summed E-state index contributed by atoms with van der Waals surface area (Å²) in [6, 6.07) is 0. The van der Waals surface area contributed by atoms with Crippen molar-refractivity contribution < 1.29 is 35.8 Å². The second kappa shape index (κ2) is 5.43. The first-order valence-corrected chi connectivity index (χ1v) is 5.67. The van der Waals surface area contributed by atoms with Crippen LogP contribution in [-0.4, -0.2) is 18.5 Å². The minimum absolute atomic E-state index is 0.246. The SMILES string of the molecule is COc1cnc(C(F)(F)F)c(OC(F)(F)F)c1CBr. The lowest BCUT2D eigenvalue weighted by Gasteiger charge is -2.18. The number of hydrogen-bond acceptors (Lipinski definition) is 3. The highest BCUT2D eigenvalue weighted by atomic mass is 79.9. The summed E-state index contributed by atoms with van der Waals surface area (Å²) in [5.74, 6) is -1.67. The van der Waals surface area contributed by atoms with Crippen LogP contribution in [0.3, 0.4) is 0 Å². The molecule has 0 amide bonds. The molecule has 1 aromatic heterocycles. The summed E-state index contributed by atoms with van der Waals surface area (Å²) in [7, 11) is 1.09. The molecule has 0 saturated carbocycles. The van der Waals surface area contributed by atoms with Crippen molar-refractivity contribution >= 4 is 15.9 Å². The zero-order valence-electron chi connectivity index (χ0n) is 9.19. The lowest BCUT2D eigenvalue weighted by Crippen LogP contribution is -2.22. The van der Waals surface area contributed by atoms with E-state index in [-0.39, 0.29) is 11.1 Å². The Morgan fingerprint density at radius 3 is 2.16 bits per heavy atom. The molecule has 108 valence electrons. The molecule has 0 aliphatic heterocycles. The molecule has 0 aliphatic rings. The average molecular weight is 354 g/mol. The number of halogens is 7. The maximum absolute atomic E-state index is 12.6. The van der Waals surface area contributed by atoms with Crippen LogP contribution >= 0.6 is 15.9 Å². The fourth-order valence-corrected chi connectivity index (χ4v) is 1.78. The molecule has 1 rings (SSSR count). The van der Waals surface area contributed by atoms with Crippen molar-refractivity contribution in [2.75, 3.05) is 7.11 Å². The predicted octanol–water partition coefficient (Wildman–Crippen LogP) is 3.90. The summed E-state index contributed by atoms with van der Waals surface area (Å²) < 4.78 is 82.5. The van der Waals surface area contributed by atoms with Crippen molar-refractivity contribution in [2.24, 2.45) is 0 Å². The van der Waals surface area contributed by atoms with Gasteiger partial charge in [-0.25, -0.2) is 4.98 Å². The summed E-state index contributed by atoms with van der Waals surface area (Å²) in [4.78, 5) is 2.92. The minimum Gasteiger partial charge on any atom is -0.495 e. The van der Waals surface area contributed by atoms with Gasteiger partial charge in [0.05, 0.1) is 18.9 Å². The second-order valence-corrected chi connectivity index (χ2v) is 3.72. The van der Waals surface area contributed by atoms with Gasteiger partial charge in [0.1, 0.15) is 5.75 Å². The molecule has 0 radical (unpaired) electrons. The Labute approximate surface area is 111 Å². The Balaban J connectivity index is 3.49. The smallest absolute Gasteiger partial charge is 0.495 e. The largest absolute Gasteiger partial charge is 0.573 e. The first-order valence-electron chi connectivity index (χ1n) is 4.55. The highest BCUT2D eigenvalue weighted by Gasteiger charge is 2.42. The van der Waals surface area contributed by atoms with Crippen molar-refractivity contribution in [1.82, 2.24) is 4.98 Å². The molecule has 0 unspecified atom stereocenters. The Hall–Kier alpha value is -1.19. The van der Waals surface area contributed by atoms with E-state index >= 15 is 0 Å². The van der Waals surface area contributed by atoms with Crippen molar-refractivity contribution in [1.29, 1.82) is 0 Å². The van der Waals surface area contributed by atoms with Crippen LogP contribution < -0.4 is 9.47 Å². The lowest BCUT2D eigenvalue weighted by atomic mass is 10.2. The predicted molar refractivity (Wildman–Crippen MR) is 55.1 cm³/mol. The maximum Gasteiger partial charge on any atom is 0.573 e. The van der Waals surface area contributed by atoms with E-state index in [1.165, 1.54) is 0 Å². The molecule has 0 fully saturated rings. The van der Waals surface area contributed by atoms with Crippen LogP contribution in [-0.2, 0) is 11.5 Å². The van der Waals surface area contributed by atoms with E-state index in [2.05, 4.69) is 30.4 Å². The topological polar surface area (TPSA) is 31.4 Å². The van der Waals surface area contributed by atoms with E-state index in [1.807, 2.05) is 0 Å².